The predicted octanol–water partition coefficient (Wildman–Crippen LogP) is 4.08. The van der Waals surface area contributed by atoms with E-state index in [1.807, 2.05) is 18.2 Å². The molecule has 0 aliphatic heterocycles. The van der Waals surface area contributed by atoms with Gasteiger partial charge in [-0.3, -0.25) is 14.5 Å². The van der Waals surface area contributed by atoms with E-state index >= 15 is 0 Å². The van der Waals surface area contributed by atoms with Crippen LogP contribution in [-0.4, -0.2) is 29.8 Å². The zero-order valence-electron chi connectivity index (χ0n) is 17.4. The van der Waals surface area contributed by atoms with Crippen molar-refractivity contribution < 1.29 is 9.59 Å². The Labute approximate surface area is 177 Å². The molecule has 1 aliphatic carbocycles. The summed E-state index contributed by atoms with van der Waals surface area (Å²) in [5, 5.41) is 5.81. The zero-order chi connectivity index (χ0) is 20.6. The third kappa shape index (κ3) is 6.41. The Balaban J connectivity index is 1.56. The highest BCUT2D eigenvalue weighted by molar-refractivity contribution is 7.14. The minimum absolute atomic E-state index is 0.0699. The van der Waals surface area contributed by atoms with Crippen LogP contribution in [0.3, 0.4) is 0 Å². The highest BCUT2D eigenvalue weighted by Crippen LogP contribution is 2.24. The first-order valence-electron chi connectivity index (χ1n) is 10.4. The van der Waals surface area contributed by atoms with Crippen LogP contribution in [0.1, 0.15) is 64.7 Å². The third-order valence-electron chi connectivity index (χ3n) is 5.57. The SMILES string of the molecule is CC(=O)NCc1ccc(C(=O)NCc2ccccc2CN(C)C2CCCCC2)s1. The van der Waals surface area contributed by atoms with Gasteiger partial charge in [-0.1, -0.05) is 43.5 Å². The maximum atomic E-state index is 12.6. The van der Waals surface area contributed by atoms with Crippen molar-refractivity contribution >= 4 is 23.2 Å². The number of benzene rings is 1. The van der Waals surface area contributed by atoms with E-state index < -0.39 is 0 Å². The Kier molecular flexibility index (Phi) is 7.83. The topological polar surface area (TPSA) is 61.4 Å². The summed E-state index contributed by atoms with van der Waals surface area (Å²) in [5.41, 5.74) is 2.44. The molecule has 0 radical (unpaired) electrons. The Morgan fingerprint density at radius 3 is 2.45 bits per heavy atom. The van der Waals surface area contributed by atoms with Crippen molar-refractivity contribution in [3.8, 4) is 0 Å². The van der Waals surface area contributed by atoms with Gasteiger partial charge in [-0.25, -0.2) is 0 Å². The highest BCUT2D eigenvalue weighted by atomic mass is 32.1. The molecule has 1 aliphatic rings. The first-order valence-corrected chi connectivity index (χ1v) is 11.2. The van der Waals surface area contributed by atoms with Crippen LogP contribution in [0.25, 0.3) is 0 Å². The monoisotopic (exact) mass is 413 g/mol. The minimum atomic E-state index is -0.0702. The van der Waals surface area contributed by atoms with Gasteiger partial charge in [-0.15, -0.1) is 11.3 Å². The number of hydrogen-bond donors (Lipinski definition) is 2. The molecule has 1 aromatic heterocycles. The summed E-state index contributed by atoms with van der Waals surface area (Å²) in [4.78, 5) is 27.7. The average Bonchev–Trinajstić information content (AvgIpc) is 3.21. The lowest BCUT2D eigenvalue weighted by molar-refractivity contribution is -0.119. The van der Waals surface area contributed by atoms with Crippen LogP contribution in [0.15, 0.2) is 36.4 Å². The molecule has 3 rings (SSSR count). The molecular formula is C23H31N3O2S. The molecule has 0 unspecified atom stereocenters. The molecule has 1 aromatic carbocycles. The molecule has 5 nitrogen and oxygen atoms in total. The van der Waals surface area contributed by atoms with Crippen molar-refractivity contribution in [2.24, 2.45) is 0 Å². The number of thiophene rings is 1. The molecule has 1 fully saturated rings. The Hall–Kier alpha value is -2.18. The molecule has 1 heterocycles. The van der Waals surface area contributed by atoms with Crippen LogP contribution in [0.5, 0.6) is 0 Å². The van der Waals surface area contributed by atoms with Crippen molar-refractivity contribution in [3.63, 3.8) is 0 Å². The van der Waals surface area contributed by atoms with E-state index in [-0.39, 0.29) is 11.8 Å². The lowest BCUT2D eigenvalue weighted by atomic mass is 9.94. The fraction of sp³-hybridized carbons (Fsp3) is 0.478. The van der Waals surface area contributed by atoms with E-state index in [0.717, 1.165) is 11.4 Å². The van der Waals surface area contributed by atoms with Gasteiger partial charge in [0, 0.05) is 30.9 Å². The minimum Gasteiger partial charge on any atom is -0.351 e. The molecule has 0 atom stereocenters. The third-order valence-corrected chi connectivity index (χ3v) is 6.66. The predicted molar refractivity (Wildman–Crippen MR) is 118 cm³/mol. The number of nitrogens with one attached hydrogen (secondary N) is 2. The van der Waals surface area contributed by atoms with Gasteiger partial charge in [0.15, 0.2) is 0 Å². The second-order valence-electron chi connectivity index (χ2n) is 7.83. The van der Waals surface area contributed by atoms with Gasteiger partial charge in [-0.2, -0.15) is 0 Å². The van der Waals surface area contributed by atoms with Crippen molar-refractivity contribution in [3.05, 3.63) is 57.3 Å². The second kappa shape index (κ2) is 10.6. The summed E-state index contributed by atoms with van der Waals surface area (Å²) in [6, 6.07) is 12.7. The number of hydrogen-bond acceptors (Lipinski definition) is 4. The Bertz CT molecular complexity index is 827. The first-order chi connectivity index (χ1) is 14.0. The summed E-state index contributed by atoms with van der Waals surface area (Å²) in [7, 11) is 2.22. The van der Waals surface area contributed by atoms with Gasteiger partial charge in [0.1, 0.15) is 0 Å². The number of amides is 2. The molecule has 2 aromatic rings. The molecule has 0 spiro atoms. The summed E-state index contributed by atoms with van der Waals surface area (Å²) >= 11 is 1.42. The average molecular weight is 414 g/mol. The van der Waals surface area contributed by atoms with Crippen LogP contribution in [0.4, 0.5) is 0 Å². The van der Waals surface area contributed by atoms with Gasteiger partial charge in [0.2, 0.25) is 5.91 Å². The number of rotatable bonds is 8. The first kappa shape index (κ1) is 21.5. The highest BCUT2D eigenvalue weighted by Gasteiger charge is 2.19. The van der Waals surface area contributed by atoms with Crippen molar-refractivity contribution in [1.82, 2.24) is 15.5 Å². The van der Waals surface area contributed by atoms with Crippen LogP contribution in [0.2, 0.25) is 0 Å². The Morgan fingerprint density at radius 2 is 1.72 bits per heavy atom. The second-order valence-corrected chi connectivity index (χ2v) is 9.00. The van der Waals surface area contributed by atoms with E-state index in [1.165, 1.54) is 61.5 Å². The van der Waals surface area contributed by atoms with Crippen LogP contribution >= 0.6 is 11.3 Å². The lowest BCUT2D eigenvalue weighted by Crippen LogP contribution is -2.33. The van der Waals surface area contributed by atoms with Crippen LogP contribution in [0, 0.1) is 0 Å². The molecule has 2 amide bonds. The molecule has 0 saturated heterocycles. The molecule has 29 heavy (non-hydrogen) atoms. The summed E-state index contributed by atoms with van der Waals surface area (Å²) in [5.74, 6) is -0.140. The van der Waals surface area contributed by atoms with Gasteiger partial charge in [0.05, 0.1) is 11.4 Å². The lowest BCUT2D eigenvalue weighted by Gasteiger charge is -2.31. The summed E-state index contributed by atoms with van der Waals surface area (Å²) in [6.07, 6.45) is 6.60. The molecule has 6 heteroatoms. The molecule has 1 saturated carbocycles. The van der Waals surface area contributed by atoms with Crippen LogP contribution in [-0.2, 0) is 24.4 Å². The van der Waals surface area contributed by atoms with Gasteiger partial charge < -0.3 is 10.6 Å². The number of carbonyl (C=O) groups excluding carboxylic acids is 2. The van der Waals surface area contributed by atoms with E-state index in [1.54, 1.807) is 0 Å². The summed E-state index contributed by atoms with van der Waals surface area (Å²) in [6.45, 7) is 3.39. The summed E-state index contributed by atoms with van der Waals surface area (Å²) < 4.78 is 0. The largest absolute Gasteiger partial charge is 0.351 e. The van der Waals surface area contributed by atoms with E-state index in [0.29, 0.717) is 24.0 Å². The van der Waals surface area contributed by atoms with Crippen LogP contribution < -0.4 is 10.6 Å². The zero-order valence-corrected chi connectivity index (χ0v) is 18.2. The number of carbonyl (C=O) groups is 2. The normalized spacial score (nSPS) is 14.7. The molecule has 156 valence electrons. The van der Waals surface area contributed by atoms with Crippen molar-refractivity contribution in [2.45, 2.75) is 64.7 Å². The standard InChI is InChI=1S/C23H31N3O2S/c1-17(27)24-15-21-12-13-22(29-21)23(28)25-14-18-8-6-7-9-19(18)16-26(2)20-10-4-3-5-11-20/h6-9,12-13,20H,3-5,10-11,14-16H2,1-2H3,(H,24,27)(H,25,28). The van der Waals surface area contributed by atoms with E-state index in [9.17, 15) is 9.59 Å². The maximum absolute atomic E-state index is 12.6. The van der Waals surface area contributed by atoms with Gasteiger partial charge in [0.25, 0.3) is 5.91 Å². The maximum Gasteiger partial charge on any atom is 0.261 e. The molecular weight excluding hydrogens is 382 g/mol. The Morgan fingerprint density at radius 1 is 1.00 bits per heavy atom. The van der Waals surface area contributed by atoms with Gasteiger partial charge >= 0.3 is 0 Å². The molecule has 2 N–H and O–H groups in total. The number of nitrogens with zero attached hydrogens (tertiary/aromatic N) is 1. The van der Waals surface area contributed by atoms with E-state index in [2.05, 4.69) is 40.8 Å². The van der Waals surface area contributed by atoms with Crippen molar-refractivity contribution in [1.29, 1.82) is 0 Å². The smallest absolute Gasteiger partial charge is 0.261 e. The molecule has 0 bridgehead atoms. The fourth-order valence-corrected chi connectivity index (χ4v) is 4.74. The quantitative estimate of drug-likeness (QED) is 0.686. The van der Waals surface area contributed by atoms with E-state index in [4.69, 9.17) is 0 Å². The fourth-order valence-electron chi connectivity index (χ4n) is 3.87. The van der Waals surface area contributed by atoms with Crippen molar-refractivity contribution in [2.75, 3.05) is 7.05 Å². The van der Waals surface area contributed by atoms with Gasteiger partial charge in [-0.05, 0) is 43.1 Å².